The summed E-state index contributed by atoms with van der Waals surface area (Å²) in [5.74, 6) is -2.86. The lowest BCUT2D eigenvalue weighted by Crippen LogP contribution is -2.47. The fourth-order valence-corrected chi connectivity index (χ4v) is 3.99. The first-order valence-electron chi connectivity index (χ1n) is 14.9. The van der Waals surface area contributed by atoms with E-state index < -0.39 is 43.3 Å². The first kappa shape index (κ1) is 39.0. The molecule has 0 rings (SSSR count). The van der Waals surface area contributed by atoms with Crippen LogP contribution in [0.25, 0.3) is 0 Å². The number of nitrogens with zero attached hydrogens (tertiary/aromatic N) is 1. The fraction of sp³-hybridized carbons (Fsp3) is 0.767. The first-order chi connectivity index (χ1) is 19.9. The summed E-state index contributed by atoms with van der Waals surface area (Å²) < 4.78 is 20.4. The summed E-state index contributed by atoms with van der Waals surface area (Å²) in [4.78, 5) is 57.0. The van der Waals surface area contributed by atoms with Crippen LogP contribution in [0, 0.1) is 0 Å². The van der Waals surface area contributed by atoms with Crippen LogP contribution in [0.15, 0.2) is 12.2 Å². The highest BCUT2D eigenvalue weighted by Gasteiger charge is 2.27. The van der Waals surface area contributed by atoms with E-state index in [1.54, 1.807) is 0 Å². The monoisotopic (exact) mass is 601 g/mol. The second-order valence-electron chi connectivity index (χ2n) is 11.1. The van der Waals surface area contributed by atoms with Crippen molar-refractivity contribution in [2.75, 3.05) is 40.6 Å². The van der Waals surface area contributed by atoms with Crippen LogP contribution in [-0.2, 0) is 42.9 Å². The minimum absolute atomic E-state index is 0.114. The van der Waals surface area contributed by atoms with Gasteiger partial charge in [-0.25, -0.2) is 4.79 Å². The number of quaternary nitrogens is 1. The van der Waals surface area contributed by atoms with Crippen molar-refractivity contribution in [3.8, 4) is 0 Å². The average Bonchev–Trinajstić information content (AvgIpc) is 2.88. The van der Waals surface area contributed by atoms with Crippen LogP contribution in [-0.4, -0.2) is 92.2 Å². The molecule has 0 bridgehead atoms. The summed E-state index contributed by atoms with van der Waals surface area (Å²) in [6.45, 7) is 3.73. The second kappa shape index (κ2) is 23.6. The number of nitrogens with two attached hydrogens (primary N) is 1. The van der Waals surface area contributed by atoms with Crippen LogP contribution in [0.2, 0.25) is 0 Å². The van der Waals surface area contributed by atoms with Crippen LogP contribution in [0.5, 0.6) is 0 Å². The van der Waals surface area contributed by atoms with Gasteiger partial charge in [-0.3, -0.25) is 19.2 Å². The van der Waals surface area contributed by atoms with Gasteiger partial charge in [-0.15, -0.1) is 0 Å². The summed E-state index contributed by atoms with van der Waals surface area (Å²) in [7, 11) is 3.73. The third kappa shape index (κ3) is 23.7. The molecule has 3 N–H and O–H groups in total. The highest BCUT2D eigenvalue weighted by Crippen LogP contribution is 2.16. The molecule has 242 valence electrons. The number of amides is 1. The van der Waals surface area contributed by atoms with Crippen molar-refractivity contribution in [3.63, 3.8) is 0 Å². The van der Waals surface area contributed by atoms with E-state index in [2.05, 4.69) is 11.7 Å². The molecule has 2 unspecified atom stereocenters. The van der Waals surface area contributed by atoms with Crippen LogP contribution < -0.4 is 5.73 Å². The Morgan fingerprint density at radius 3 is 2.19 bits per heavy atom. The first-order valence-corrected chi connectivity index (χ1v) is 14.9. The largest absolute Gasteiger partial charge is 0.460 e. The van der Waals surface area contributed by atoms with Gasteiger partial charge in [0.05, 0.1) is 20.2 Å². The van der Waals surface area contributed by atoms with Gasteiger partial charge in [-0.1, -0.05) is 51.2 Å². The summed E-state index contributed by atoms with van der Waals surface area (Å²) in [5.41, 5.74) is 4.87. The van der Waals surface area contributed by atoms with Gasteiger partial charge in [-0.05, 0) is 38.5 Å². The standard InChI is InChI=1S/C30H52N2O10/c1-5-6-13-17-26(42-30(38)22-32(3,4)19-20-39-24(2)33)25(34)16-14-11-9-7-8-10-12-15-18-28(36)40-23-41-29(37)21-27(31)35/h11,14,25-26,34H,5-10,12-13,15-23H2,1-4H3,(H-,31,35)/p+1/b14-11-. The van der Waals surface area contributed by atoms with E-state index in [9.17, 15) is 29.1 Å². The number of allylic oxidation sites excluding steroid dienone is 1. The topological polar surface area (TPSA) is 169 Å². The molecule has 0 radical (unpaired) electrons. The van der Waals surface area contributed by atoms with Crippen LogP contribution in [0.4, 0.5) is 0 Å². The molecule has 12 nitrogen and oxygen atoms in total. The van der Waals surface area contributed by atoms with Crippen molar-refractivity contribution < 1.29 is 52.5 Å². The van der Waals surface area contributed by atoms with Crippen molar-refractivity contribution in [1.29, 1.82) is 0 Å². The van der Waals surface area contributed by atoms with Crippen molar-refractivity contribution in [2.45, 2.75) is 110 Å². The summed E-state index contributed by atoms with van der Waals surface area (Å²) >= 11 is 0. The number of carbonyl (C=O) groups excluding carboxylic acids is 5. The van der Waals surface area contributed by atoms with Gasteiger partial charge in [0.1, 0.15) is 25.7 Å². The lowest BCUT2D eigenvalue weighted by molar-refractivity contribution is -0.883. The molecule has 0 saturated heterocycles. The van der Waals surface area contributed by atoms with Gasteiger partial charge in [0.15, 0.2) is 6.54 Å². The zero-order chi connectivity index (χ0) is 31.8. The number of rotatable bonds is 25. The Labute approximate surface area is 250 Å². The summed E-state index contributed by atoms with van der Waals surface area (Å²) in [5, 5.41) is 10.7. The number of ether oxygens (including phenoxy) is 4. The number of likely N-dealkylation sites (N-methyl/N-ethyl adjacent to an activating group) is 1. The Morgan fingerprint density at radius 1 is 0.857 bits per heavy atom. The second-order valence-corrected chi connectivity index (χ2v) is 11.1. The highest BCUT2D eigenvalue weighted by atomic mass is 16.7. The number of unbranched alkanes of at least 4 members (excludes halogenated alkanes) is 7. The summed E-state index contributed by atoms with van der Waals surface area (Å²) in [6.07, 6.45) is 11.5. The van der Waals surface area contributed by atoms with Gasteiger partial charge < -0.3 is 34.3 Å². The predicted molar refractivity (Wildman–Crippen MR) is 155 cm³/mol. The molecule has 0 fully saturated rings. The molecule has 12 heteroatoms. The molecule has 1 amide bonds. The molecule has 0 aromatic heterocycles. The van der Waals surface area contributed by atoms with Crippen LogP contribution >= 0.6 is 0 Å². The molecule has 0 saturated carbocycles. The van der Waals surface area contributed by atoms with E-state index in [-0.39, 0.29) is 31.5 Å². The summed E-state index contributed by atoms with van der Waals surface area (Å²) in [6, 6.07) is 0. The lowest BCUT2D eigenvalue weighted by Gasteiger charge is -2.30. The molecule has 0 aromatic rings. The van der Waals surface area contributed by atoms with Crippen molar-refractivity contribution >= 4 is 29.8 Å². The predicted octanol–water partition coefficient (Wildman–Crippen LogP) is 3.08. The van der Waals surface area contributed by atoms with Crippen molar-refractivity contribution in [1.82, 2.24) is 0 Å². The van der Waals surface area contributed by atoms with Gasteiger partial charge in [0, 0.05) is 13.3 Å². The van der Waals surface area contributed by atoms with Crippen molar-refractivity contribution in [3.05, 3.63) is 12.2 Å². The molecule has 0 aromatic carbocycles. The van der Waals surface area contributed by atoms with E-state index in [1.807, 2.05) is 26.2 Å². The maximum absolute atomic E-state index is 12.6. The number of hydrogen-bond donors (Lipinski definition) is 2. The van der Waals surface area contributed by atoms with E-state index in [0.29, 0.717) is 30.3 Å². The SMILES string of the molecule is CCCCCC(OC(=O)C[N+](C)(C)CCOC(C)=O)C(O)C/C=C\CCCCCCCC(=O)OCOC(=O)CC(N)=O. The van der Waals surface area contributed by atoms with Crippen LogP contribution in [0.3, 0.4) is 0 Å². The molecule has 0 aliphatic carbocycles. The number of hydrogen-bond acceptors (Lipinski definition) is 10. The molecule has 0 aliphatic rings. The maximum atomic E-state index is 12.6. The maximum Gasteiger partial charge on any atom is 0.362 e. The van der Waals surface area contributed by atoms with E-state index >= 15 is 0 Å². The van der Waals surface area contributed by atoms with Gasteiger partial charge >= 0.3 is 23.9 Å². The number of aliphatic hydroxyl groups is 1. The zero-order valence-electron chi connectivity index (χ0n) is 26.0. The van der Waals surface area contributed by atoms with E-state index in [0.717, 1.165) is 51.4 Å². The molecule has 0 heterocycles. The fourth-order valence-electron chi connectivity index (χ4n) is 3.99. The number of primary amides is 1. The quantitative estimate of drug-likeness (QED) is 0.0302. The molecular formula is C30H53N2O10+. The Balaban J connectivity index is 4.23. The molecule has 2 atom stereocenters. The van der Waals surface area contributed by atoms with E-state index in [4.69, 9.17) is 19.9 Å². The number of esters is 4. The number of aliphatic hydroxyl groups excluding tert-OH is 1. The van der Waals surface area contributed by atoms with Gasteiger partial charge in [-0.2, -0.15) is 0 Å². The van der Waals surface area contributed by atoms with Gasteiger partial charge in [0.25, 0.3) is 0 Å². The highest BCUT2D eigenvalue weighted by molar-refractivity contribution is 5.93. The van der Waals surface area contributed by atoms with Crippen LogP contribution in [0.1, 0.15) is 97.3 Å². The Hall–Kier alpha value is -2.99. The van der Waals surface area contributed by atoms with Crippen molar-refractivity contribution in [2.24, 2.45) is 5.73 Å². The Bertz CT molecular complexity index is 844. The third-order valence-corrected chi connectivity index (χ3v) is 6.42. The van der Waals surface area contributed by atoms with E-state index in [1.165, 1.54) is 6.92 Å². The minimum Gasteiger partial charge on any atom is -0.460 e. The molecular weight excluding hydrogens is 548 g/mol. The zero-order valence-corrected chi connectivity index (χ0v) is 26.0. The molecule has 0 spiro atoms. The number of carbonyl (C=O) groups is 5. The lowest BCUT2D eigenvalue weighted by atomic mass is 10.0. The molecule has 0 aliphatic heterocycles. The molecule has 42 heavy (non-hydrogen) atoms. The normalized spacial score (nSPS) is 12.9. The average molecular weight is 602 g/mol. The Morgan fingerprint density at radius 2 is 1.52 bits per heavy atom. The smallest absolute Gasteiger partial charge is 0.362 e. The van der Waals surface area contributed by atoms with Gasteiger partial charge in [0.2, 0.25) is 12.7 Å². The third-order valence-electron chi connectivity index (χ3n) is 6.42. The minimum atomic E-state index is -0.835. The Kier molecular flexibility index (Phi) is 21.9.